The average Bonchev–Trinajstić information content (AvgIpc) is 2.65. The molecule has 0 saturated heterocycles. The highest BCUT2D eigenvalue weighted by molar-refractivity contribution is 5.92. The Labute approximate surface area is 170 Å². The lowest BCUT2D eigenvalue weighted by molar-refractivity contribution is -0.142. The molecule has 0 bridgehead atoms. The van der Waals surface area contributed by atoms with Crippen LogP contribution in [0.3, 0.4) is 0 Å². The number of hydrogen-bond acceptors (Lipinski definition) is 6. The van der Waals surface area contributed by atoms with Crippen LogP contribution >= 0.6 is 0 Å². The molecule has 0 saturated carbocycles. The van der Waals surface area contributed by atoms with Gasteiger partial charge in [-0.25, -0.2) is 4.79 Å². The van der Waals surface area contributed by atoms with E-state index in [1.54, 1.807) is 13.8 Å². The van der Waals surface area contributed by atoms with E-state index < -0.39 is 54.3 Å². The SMILES string of the molecule is CCC(C)C(N)C(=O)NC(C(=O)NCC(=O)NC(CCC(N)=O)C(=O)O)C(C)C. The number of hydrogen-bond donors (Lipinski definition) is 6. The van der Waals surface area contributed by atoms with E-state index in [1.165, 1.54) is 0 Å². The van der Waals surface area contributed by atoms with Crippen LogP contribution in [0.25, 0.3) is 0 Å². The van der Waals surface area contributed by atoms with Crippen molar-refractivity contribution in [1.82, 2.24) is 16.0 Å². The summed E-state index contributed by atoms with van der Waals surface area (Å²) in [4.78, 5) is 58.5. The first-order chi connectivity index (χ1) is 13.4. The minimum absolute atomic E-state index is 0.0648. The van der Waals surface area contributed by atoms with Crippen molar-refractivity contribution in [2.45, 2.75) is 65.1 Å². The summed E-state index contributed by atoms with van der Waals surface area (Å²) in [5.74, 6) is -4.15. The van der Waals surface area contributed by atoms with Gasteiger partial charge in [-0.3, -0.25) is 19.2 Å². The molecule has 0 radical (unpaired) electrons. The molecular formula is C18H33N5O6. The molecule has 0 aromatic heterocycles. The van der Waals surface area contributed by atoms with Crippen LogP contribution in [-0.4, -0.2) is 59.4 Å². The van der Waals surface area contributed by atoms with Crippen molar-refractivity contribution in [2.75, 3.05) is 6.54 Å². The number of amides is 4. The van der Waals surface area contributed by atoms with Crippen molar-refractivity contribution in [3.63, 3.8) is 0 Å². The molecular weight excluding hydrogens is 382 g/mol. The lowest BCUT2D eigenvalue weighted by atomic mass is 9.97. The Morgan fingerprint density at radius 3 is 2.03 bits per heavy atom. The van der Waals surface area contributed by atoms with Crippen LogP contribution in [0.4, 0.5) is 0 Å². The first-order valence-corrected chi connectivity index (χ1v) is 9.54. The average molecular weight is 415 g/mol. The van der Waals surface area contributed by atoms with Gasteiger partial charge < -0.3 is 32.5 Å². The van der Waals surface area contributed by atoms with Gasteiger partial charge in [0.05, 0.1) is 12.6 Å². The van der Waals surface area contributed by atoms with Crippen molar-refractivity contribution in [3.8, 4) is 0 Å². The van der Waals surface area contributed by atoms with Crippen LogP contribution in [0.5, 0.6) is 0 Å². The van der Waals surface area contributed by atoms with Crippen LogP contribution in [-0.2, 0) is 24.0 Å². The maximum atomic E-state index is 12.4. The molecule has 8 N–H and O–H groups in total. The van der Waals surface area contributed by atoms with Crippen LogP contribution in [0.15, 0.2) is 0 Å². The highest BCUT2D eigenvalue weighted by atomic mass is 16.4. The van der Waals surface area contributed by atoms with Gasteiger partial charge >= 0.3 is 5.97 Å². The fourth-order valence-electron chi connectivity index (χ4n) is 2.36. The molecule has 0 spiro atoms. The van der Waals surface area contributed by atoms with Crippen molar-refractivity contribution in [1.29, 1.82) is 0 Å². The monoisotopic (exact) mass is 415 g/mol. The van der Waals surface area contributed by atoms with Gasteiger partial charge in [0.1, 0.15) is 12.1 Å². The van der Waals surface area contributed by atoms with Crippen molar-refractivity contribution >= 4 is 29.6 Å². The molecule has 4 amide bonds. The predicted octanol–water partition coefficient (Wildman–Crippen LogP) is -1.55. The third-order valence-electron chi connectivity index (χ3n) is 4.54. The van der Waals surface area contributed by atoms with Gasteiger partial charge in [0.2, 0.25) is 23.6 Å². The number of primary amides is 1. The Morgan fingerprint density at radius 1 is 1.00 bits per heavy atom. The maximum absolute atomic E-state index is 12.4. The first kappa shape index (κ1) is 26.3. The van der Waals surface area contributed by atoms with E-state index in [0.717, 1.165) is 0 Å². The summed E-state index contributed by atoms with van der Waals surface area (Å²) in [6.07, 6.45) is 0.331. The van der Waals surface area contributed by atoms with Crippen molar-refractivity contribution < 1.29 is 29.1 Å². The molecule has 0 heterocycles. The fraction of sp³-hybridized carbons (Fsp3) is 0.722. The van der Waals surface area contributed by atoms with Crippen LogP contribution in [0.2, 0.25) is 0 Å². The lowest BCUT2D eigenvalue weighted by Crippen LogP contribution is -2.56. The first-order valence-electron chi connectivity index (χ1n) is 9.54. The zero-order chi connectivity index (χ0) is 22.7. The fourth-order valence-corrected chi connectivity index (χ4v) is 2.36. The largest absolute Gasteiger partial charge is 0.480 e. The molecule has 166 valence electrons. The lowest BCUT2D eigenvalue weighted by Gasteiger charge is -2.25. The summed E-state index contributed by atoms with van der Waals surface area (Å²) < 4.78 is 0. The second-order valence-electron chi connectivity index (χ2n) is 7.32. The molecule has 0 aromatic carbocycles. The Bertz CT molecular complexity index is 610. The topological polar surface area (TPSA) is 194 Å². The molecule has 0 aliphatic rings. The number of carbonyl (C=O) groups excluding carboxylic acids is 4. The molecule has 29 heavy (non-hydrogen) atoms. The Kier molecular flexibility index (Phi) is 11.5. The number of carbonyl (C=O) groups is 5. The minimum atomic E-state index is -1.32. The smallest absolute Gasteiger partial charge is 0.326 e. The van der Waals surface area contributed by atoms with Gasteiger partial charge in [-0.1, -0.05) is 34.1 Å². The molecule has 11 nitrogen and oxygen atoms in total. The summed E-state index contributed by atoms with van der Waals surface area (Å²) >= 11 is 0. The summed E-state index contributed by atoms with van der Waals surface area (Å²) in [7, 11) is 0. The number of rotatable bonds is 13. The molecule has 0 aliphatic heterocycles. The number of nitrogens with one attached hydrogen (secondary N) is 3. The quantitative estimate of drug-likeness (QED) is 0.209. The van der Waals surface area contributed by atoms with E-state index >= 15 is 0 Å². The van der Waals surface area contributed by atoms with Crippen LogP contribution in [0, 0.1) is 11.8 Å². The predicted molar refractivity (Wildman–Crippen MR) is 105 cm³/mol. The summed E-state index contributed by atoms with van der Waals surface area (Å²) in [5, 5.41) is 16.2. The Morgan fingerprint density at radius 2 is 1.59 bits per heavy atom. The zero-order valence-corrected chi connectivity index (χ0v) is 17.4. The highest BCUT2D eigenvalue weighted by Crippen LogP contribution is 2.08. The number of nitrogens with two attached hydrogens (primary N) is 2. The maximum Gasteiger partial charge on any atom is 0.326 e. The number of aliphatic carboxylic acids is 1. The molecule has 0 aliphatic carbocycles. The second kappa shape index (κ2) is 12.7. The van der Waals surface area contributed by atoms with E-state index in [1.807, 2.05) is 13.8 Å². The zero-order valence-electron chi connectivity index (χ0n) is 17.4. The second-order valence-corrected chi connectivity index (χ2v) is 7.32. The molecule has 0 fully saturated rings. The van der Waals surface area contributed by atoms with Crippen LogP contribution < -0.4 is 27.4 Å². The Hall–Kier alpha value is -2.69. The van der Waals surface area contributed by atoms with Crippen molar-refractivity contribution in [2.24, 2.45) is 23.3 Å². The van der Waals surface area contributed by atoms with E-state index in [9.17, 15) is 24.0 Å². The normalized spacial score (nSPS) is 15.0. The molecule has 0 aromatic rings. The van der Waals surface area contributed by atoms with Gasteiger partial charge in [-0.15, -0.1) is 0 Å². The van der Waals surface area contributed by atoms with Gasteiger partial charge in [-0.2, -0.15) is 0 Å². The third kappa shape index (κ3) is 9.88. The number of carboxylic acid groups (broad SMARTS) is 1. The highest BCUT2D eigenvalue weighted by Gasteiger charge is 2.28. The standard InChI is InChI=1S/C18H33N5O6/c1-5-10(4)14(20)16(26)23-15(9(2)3)17(27)21-8-13(25)22-11(18(28)29)6-7-12(19)24/h9-11,14-15H,5-8,20H2,1-4H3,(H2,19,24)(H,21,27)(H,22,25)(H,23,26)(H,28,29). The molecule has 11 heteroatoms. The summed E-state index contributed by atoms with van der Waals surface area (Å²) in [6, 6.07) is -2.98. The van der Waals surface area contributed by atoms with Gasteiger partial charge in [0.15, 0.2) is 0 Å². The molecule has 4 unspecified atom stereocenters. The van der Waals surface area contributed by atoms with E-state index in [2.05, 4.69) is 16.0 Å². The van der Waals surface area contributed by atoms with E-state index in [0.29, 0.717) is 6.42 Å². The van der Waals surface area contributed by atoms with Crippen molar-refractivity contribution in [3.05, 3.63) is 0 Å². The molecule has 4 atom stereocenters. The number of carboxylic acids is 1. The van der Waals surface area contributed by atoms with Gasteiger partial charge in [0, 0.05) is 6.42 Å². The third-order valence-corrected chi connectivity index (χ3v) is 4.54. The van der Waals surface area contributed by atoms with Gasteiger partial charge in [0.25, 0.3) is 0 Å². The van der Waals surface area contributed by atoms with Crippen LogP contribution in [0.1, 0.15) is 47.0 Å². The Balaban J connectivity index is 4.79. The van der Waals surface area contributed by atoms with Gasteiger partial charge in [-0.05, 0) is 18.3 Å². The van der Waals surface area contributed by atoms with E-state index in [4.69, 9.17) is 16.6 Å². The minimum Gasteiger partial charge on any atom is -0.480 e. The van der Waals surface area contributed by atoms with E-state index in [-0.39, 0.29) is 24.7 Å². The summed E-state index contributed by atoms with van der Waals surface area (Å²) in [6.45, 7) is 6.69. The molecule has 0 rings (SSSR count). The summed E-state index contributed by atoms with van der Waals surface area (Å²) in [5.41, 5.74) is 10.9.